The quantitative estimate of drug-likeness (QED) is 0.888. The molecule has 3 atom stereocenters. The van der Waals surface area contributed by atoms with Crippen molar-refractivity contribution in [3.63, 3.8) is 0 Å². The number of benzene rings is 1. The van der Waals surface area contributed by atoms with Crippen LogP contribution >= 0.6 is 24.2 Å². The largest absolute Gasteiger partial charge is 0.351 e. The maximum Gasteiger partial charge on any atom is 0.238 e. The molecule has 0 radical (unpaired) electrons. The minimum Gasteiger partial charge on any atom is -0.351 e. The van der Waals surface area contributed by atoms with Crippen LogP contribution in [0.1, 0.15) is 17.9 Å². The number of rotatable bonds is 3. The van der Waals surface area contributed by atoms with Crippen molar-refractivity contribution in [2.75, 3.05) is 11.6 Å². The molecule has 1 aliphatic heterocycles. The summed E-state index contributed by atoms with van der Waals surface area (Å²) >= 11 is 1.78. The van der Waals surface area contributed by atoms with Crippen molar-refractivity contribution in [1.82, 2.24) is 10.6 Å². The fraction of sp³-hybridized carbons (Fsp3) is 0.462. The lowest BCUT2D eigenvalue weighted by Gasteiger charge is -2.10. The van der Waals surface area contributed by atoms with Crippen molar-refractivity contribution >= 4 is 30.1 Å². The molecule has 1 amide bonds. The predicted octanol–water partition coefficient (Wildman–Crippen LogP) is 1.74. The molecular formula is C13H17ClN2OS. The Labute approximate surface area is 118 Å². The van der Waals surface area contributed by atoms with Crippen LogP contribution < -0.4 is 10.6 Å². The molecule has 1 aliphatic carbocycles. The second-order valence-electron chi connectivity index (χ2n) is 4.64. The van der Waals surface area contributed by atoms with Crippen molar-refractivity contribution in [3.8, 4) is 0 Å². The lowest BCUT2D eigenvalue weighted by molar-refractivity contribution is -0.122. The molecular weight excluding hydrogens is 268 g/mol. The van der Waals surface area contributed by atoms with E-state index in [9.17, 15) is 4.79 Å². The molecule has 3 unspecified atom stereocenters. The topological polar surface area (TPSA) is 41.1 Å². The average molecular weight is 285 g/mol. The van der Waals surface area contributed by atoms with Gasteiger partial charge in [-0.2, -0.15) is 0 Å². The SMILES string of the molecule is Cl.O=C(NC1CC1c1ccccc1)C1CSCN1. The summed E-state index contributed by atoms with van der Waals surface area (Å²) in [6, 6.07) is 10.8. The summed E-state index contributed by atoms with van der Waals surface area (Å²) in [7, 11) is 0. The number of hydrogen-bond donors (Lipinski definition) is 2. The molecule has 2 aliphatic rings. The second kappa shape index (κ2) is 5.95. The van der Waals surface area contributed by atoms with Crippen LogP contribution in [0.25, 0.3) is 0 Å². The van der Waals surface area contributed by atoms with Crippen LogP contribution in [0, 0.1) is 0 Å². The normalized spacial score (nSPS) is 29.4. The zero-order valence-electron chi connectivity index (χ0n) is 9.96. The predicted molar refractivity (Wildman–Crippen MR) is 77.2 cm³/mol. The monoisotopic (exact) mass is 284 g/mol. The minimum absolute atomic E-state index is 0. The highest BCUT2D eigenvalue weighted by molar-refractivity contribution is 7.99. The Hall–Kier alpha value is -0.710. The van der Waals surface area contributed by atoms with Crippen molar-refractivity contribution < 1.29 is 4.79 Å². The molecule has 2 N–H and O–H groups in total. The van der Waals surface area contributed by atoms with E-state index < -0.39 is 0 Å². The Bertz CT molecular complexity index is 409. The van der Waals surface area contributed by atoms with E-state index in [0.29, 0.717) is 12.0 Å². The van der Waals surface area contributed by atoms with Gasteiger partial charge in [-0.05, 0) is 12.0 Å². The summed E-state index contributed by atoms with van der Waals surface area (Å²) in [5.41, 5.74) is 1.34. The molecule has 1 saturated heterocycles. The van der Waals surface area contributed by atoms with Gasteiger partial charge in [-0.3, -0.25) is 10.1 Å². The Morgan fingerprint density at radius 1 is 1.33 bits per heavy atom. The first kappa shape index (κ1) is 13.7. The molecule has 1 aromatic rings. The molecule has 1 aromatic carbocycles. The third-order valence-corrected chi connectivity index (χ3v) is 4.32. The first-order valence-electron chi connectivity index (χ1n) is 6.01. The fourth-order valence-corrected chi connectivity index (χ4v) is 3.21. The average Bonchev–Trinajstić information content (AvgIpc) is 2.92. The van der Waals surface area contributed by atoms with E-state index in [1.807, 2.05) is 6.07 Å². The highest BCUT2D eigenvalue weighted by atomic mass is 35.5. The van der Waals surface area contributed by atoms with Crippen molar-refractivity contribution in [1.29, 1.82) is 0 Å². The highest BCUT2D eigenvalue weighted by Gasteiger charge is 2.40. The van der Waals surface area contributed by atoms with Gasteiger partial charge in [-0.1, -0.05) is 30.3 Å². The highest BCUT2D eigenvalue weighted by Crippen LogP contribution is 2.40. The molecule has 0 spiro atoms. The van der Waals surface area contributed by atoms with Gasteiger partial charge in [0.15, 0.2) is 0 Å². The first-order valence-corrected chi connectivity index (χ1v) is 7.16. The van der Waals surface area contributed by atoms with Crippen LogP contribution in [0.15, 0.2) is 30.3 Å². The molecule has 3 nitrogen and oxygen atoms in total. The fourth-order valence-electron chi connectivity index (χ4n) is 2.27. The van der Waals surface area contributed by atoms with E-state index in [4.69, 9.17) is 0 Å². The number of carbonyl (C=O) groups excluding carboxylic acids is 1. The van der Waals surface area contributed by atoms with Crippen LogP contribution in [0.3, 0.4) is 0 Å². The summed E-state index contributed by atoms with van der Waals surface area (Å²) < 4.78 is 0. The number of thioether (sulfide) groups is 1. The standard InChI is InChI=1S/C13H16N2OS.ClH/c16-13(12-7-17-8-14-12)15-11-6-10(11)9-4-2-1-3-5-9;/h1-5,10-12,14H,6-8H2,(H,15,16);1H. The number of hydrogen-bond acceptors (Lipinski definition) is 3. The van der Waals surface area contributed by atoms with Gasteiger partial charge >= 0.3 is 0 Å². The van der Waals surface area contributed by atoms with Crippen molar-refractivity contribution in [2.45, 2.75) is 24.4 Å². The lowest BCUT2D eigenvalue weighted by atomic mass is 10.1. The molecule has 3 rings (SSSR count). The van der Waals surface area contributed by atoms with Gasteiger partial charge in [0.1, 0.15) is 0 Å². The van der Waals surface area contributed by atoms with Gasteiger partial charge in [0.25, 0.3) is 0 Å². The molecule has 2 fully saturated rings. The Morgan fingerprint density at radius 2 is 2.11 bits per heavy atom. The van der Waals surface area contributed by atoms with Crippen LogP contribution in [0.4, 0.5) is 0 Å². The molecule has 1 saturated carbocycles. The minimum atomic E-state index is 0. The number of carbonyl (C=O) groups is 1. The first-order chi connectivity index (χ1) is 8.34. The van der Waals surface area contributed by atoms with Crippen molar-refractivity contribution in [3.05, 3.63) is 35.9 Å². The third kappa shape index (κ3) is 2.99. The molecule has 0 aromatic heterocycles. The van der Waals surface area contributed by atoms with Gasteiger partial charge in [0.05, 0.1) is 6.04 Å². The van der Waals surface area contributed by atoms with E-state index in [2.05, 4.69) is 34.9 Å². The number of amides is 1. The van der Waals surface area contributed by atoms with Crippen LogP contribution in [0.2, 0.25) is 0 Å². The van der Waals surface area contributed by atoms with Gasteiger partial charge in [-0.25, -0.2) is 0 Å². The summed E-state index contributed by atoms with van der Waals surface area (Å²) in [6.07, 6.45) is 1.08. The molecule has 5 heteroatoms. The van der Waals surface area contributed by atoms with E-state index in [1.54, 1.807) is 11.8 Å². The van der Waals surface area contributed by atoms with E-state index in [1.165, 1.54) is 5.56 Å². The van der Waals surface area contributed by atoms with E-state index >= 15 is 0 Å². The van der Waals surface area contributed by atoms with E-state index in [0.717, 1.165) is 18.1 Å². The number of nitrogens with one attached hydrogen (secondary N) is 2. The van der Waals surface area contributed by atoms with E-state index in [-0.39, 0.29) is 24.4 Å². The summed E-state index contributed by atoms with van der Waals surface area (Å²) in [6.45, 7) is 0. The zero-order chi connectivity index (χ0) is 11.7. The van der Waals surface area contributed by atoms with Gasteiger partial charge in [-0.15, -0.1) is 24.2 Å². The van der Waals surface area contributed by atoms with Crippen LogP contribution in [-0.4, -0.2) is 29.6 Å². The maximum absolute atomic E-state index is 11.9. The summed E-state index contributed by atoms with van der Waals surface area (Å²) in [4.78, 5) is 11.9. The van der Waals surface area contributed by atoms with Gasteiger partial charge in [0.2, 0.25) is 5.91 Å². The smallest absolute Gasteiger partial charge is 0.238 e. The summed E-state index contributed by atoms with van der Waals surface area (Å²) in [5.74, 6) is 2.48. The lowest BCUT2D eigenvalue weighted by Crippen LogP contribution is -2.43. The Kier molecular flexibility index (Phi) is 4.54. The second-order valence-corrected chi connectivity index (χ2v) is 5.67. The molecule has 0 bridgehead atoms. The molecule has 98 valence electrons. The Morgan fingerprint density at radius 3 is 2.78 bits per heavy atom. The van der Waals surface area contributed by atoms with Gasteiger partial charge in [0, 0.05) is 23.6 Å². The maximum atomic E-state index is 11.9. The summed E-state index contributed by atoms with van der Waals surface area (Å²) in [5, 5.41) is 6.32. The molecule has 1 heterocycles. The zero-order valence-corrected chi connectivity index (χ0v) is 11.6. The van der Waals surface area contributed by atoms with Crippen LogP contribution in [0.5, 0.6) is 0 Å². The molecule has 18 heavy (non-hydrogen) atoms. The third-order valence-electron chi connectivity index (χ3n) is 3.38. The van der Waals surface area contributed by atoms with Crippen LogP contribution in [-0.2, 0) is 4.79 Å². The number of halogens is 1. The van der Waals surface area contributed by atoms with Gasteiger partial charge < -0.3 is 5.32 Å². The Balaban J connectivity index is 0.00000120. The van der Waals surface area contributed by atoms with Crippen molar-refractivity contribution in [2.24, 2.45) is 0 Å².